The first-order valence-electron chi connectivity index (χ1n) is 10.2. The molecule has 0 aliphatic heterocycles. The fourth-order valence-electron chi connectivity index (χ4n) is 5.86. The van der Waals surface area contributed by atoms with Gasteiger partial charge in [-0.1, -0.05) is 12.1 Å². The van der Waals surface area contributed by atoms with E-state index in [2.05, 4.69) is 0 Å². The second kappa shape index (κ2) is 6.85. The number of nitrogens with zero attached hydrogens (tertiary/aromatic N) is 1. The van der Waals surface area contributed by atoms with Gasteiger partial charge in [0.2, 0.25) is 11.7 Å². The molecule has 10 nitrogen and oxygen atoms in total. The highest BCUT2D eigenvalue weighted by atomic mass is 16.3. The third-order valence-corrected chi connectivity index (χ3v) is 7.39. The Hall–Kier alpha value is -2.79. The maximum Gasteiger partial charge on any atom is 0.230 e. The van der Waals surface area contributed by atoms with Crippen LogP contribution in [0.15, 0.2) is 23.8 Å². The molecule has 1 aromatic carbocycles. The molecule has 7 unspecified atom stereocenters. The summed E-state index contributed by atoms with van der Waals surface area (Å²) >= 11 is 0. The van der Waals surface area contributed by atoms with Crippen LogP contribution in [-0.2, 0) is 20.0 Å². The summed E-state index contributed by atoms with van der Waals surface area (Å²) in [6.07, 6.45) is -1.75. The number of primary amides is 1. The summed E-state index contributed by atoms with van der Waals surface area (Å²) in [4.78, 5) is 40.3. The van der Waals surface area contributed by atoms with Crippen molar-refractivity contribution in [2.45, 2.75) is 36.7 Å². The van der Waals surface area contributed by atoms with Gasteiger partial charge < -0.3 is 36.2 Å². The Morgan fingerprint density at radius 3 is 2.38 bits per heavy atom. The molecular formula is C22H26N2O8. The minimum atomic E-state index is -2.76. The van der Waals surface area contributed by atoms with E-state index >= 15 is 0 Å². The zero-order chi connectivity index (χ0) is 23.9. The van der Waals surface area contributed by atoms with Crippen LogP contribution in [0.3, 0.4) is 0 Å². The number of rotatable bonds is 2. The lowest BCUT2D eigenvalue weighted by Crippen LogP contribution is -2.74. The molecule has 32 heavy (non-hydrogen) atoms. The van der Waals surface area contributed by atoms with Crippen molar-refractivity contribution in [3.05, 3.63) is 34.9 Å². The van der Waals surface area contributed by atoms with Crippen molar-refractivity contribution < 1.29 is 39.9 Å². The Balaban J connectivity index is 1.99. The maximum absolute atomic E-state index is 13.7. The van der Waals surface area contributed by atoms with Crippen LogP contribution in [0, 0.1) is 17.8 Å². The Bertz CT molecular complexity index is 1080. The van der Waals surface area contributed by atoms with E-state index in [4.69, 9.17) is 5.73 Å². The Morgan fingerprint density at radius 2 is 1.81 bits per heavy atom. The summed E-state index contributed by atoms with van der Waals surface area (Å²) < 4.78 is 0. The minimum absolute atomic E-state index is 0.166. The summed E-state index contributed by atoms with van der Waals surface area (Å²) in [5.41, 5.74) is 0.420. The molecule has 1 aromatic rings. The number of carbonyl (C=O) groups is 3. The number of benzene rings is 1. The summed E-state index contributed by atoms with van der Waals surface area (Å²) in [7, 11) is 3.11. The van der Waals surface area contributed by atoms with Crippen LogP contribution in [0.4, 0.5) is 0 Å². The summed E-state index contributed by atoms with van der Waals surface area (Å²) in [6.45, 7) is 1.41. The van der Waals surface area contributed by atoms with E-state index in [-0.39, 0.29) is 23.3 Å². The van der Waals surface area contributed by atoms with Gasteiger partial charge in [-0.3, -0.25) is 14.4 Å². The number of phenols is 1. The molecule has 10 heteroatoms. The minimum Gasteiger partial charge on any atom is -0.507 e. The van der Waals surface area contributed by atoms with Crippen molar-refractivity contribution in [1.29, 1.82) is 0 Å². The first-order chi connectivity index (χ1) is 14.8. The van der Waals surface area contributed by atoms with Crippen molar-refractivity contribution in [3.8, 4) is 5.75 Å². The topological polar surface area (TPSA) is 182 Å². The third-order valence-electron chi connectivity index (χ3n) is 7.39. The van der Waals surface area contributed by atoms with Gasteiger partial charge in [-0.15, -0.1) is 0 Å². The number of aliphatic hydroxyl groups excluding tert-OH is 2. The number of phenolic OH excluding ortho intramolecular Hbond substituents is 1. The molecule has 0 spiro atoms. The standard InChI is InChI=1S/C22H26N2O8/c1-21(31)8-5-4-6-11(25)12(8)16(26)13-9(21)7-10-15(24(2)3)17(27)14(20(23)30)19(29)22(10,32)18(13)28/h4-6,9-10,14-15,17,25-27,31-32H,7H2,1-3H3,(H2,23,30). The zero-order valence-corrected chi connectivity index (χ0v) is 17.8. The zero-order valence-electron chi connectivity index (χ0n) is 17.8. The average molecular weight is 446 g/mol. The van der Waals surface area contributed by atoms with E-state index in [1.807, 2.05) is 0 Å². The largest absolute Gasteiger partial charge is 0.507 e. The normalized spacial score (nSPS) is 38.9. The molecule has 0 heterocycles. The van der Waals surface area contributed by atoms with Gasteiger partial charge in [0, 0.05) is 23.5 Å². The highest BCUT2D eigenvalue weighted by molar-refractivity contribution is 6.25. The quantitative estimate of drug-likeness (QED) is 0.304. The molecule has 3 aliphatic rings. The second-order valence-corrected chi connectivity index (χ2v) is 9.29. The van der Waals surface area contributed by atoms with Gasteiger partial charge in [-0.25, -0.2) is 0 Å². The number of amides is 1. The van der Waals surface area contributed by atoms with E-state index in [0.29, 0.717) is 0 Å². The van der Waals surface area contributed by atoms with Crippen molar-refractivity contribution >= 4 is 23.2 Å². The van der Waals surface area contributed by atoms with Crippen molar-refractivity contribution in [3.63, 3.8) is 0 Å². The molecule has 172 valence electrons. The van der Waals surface area contributed by atoms with Crippen molar-refractivity contribution in [2.24, 2.45) is 23.5 Å². The number of aromatic hydroxyl groups is 1. The fraction of sp³-hybridized carbons (Fsp3) is 0.500. The lowest BCUT2D eigenvalue weighted by atomic mass is 9.52. The smallest absolute Gasteiger partial charge is 0.230 e. The highest BCUT2D eigenvalue weighted by Crippen LogP contribution is 2.56. The van der Waals surface area contributed by atoms with E-state index in [9.17, 15) is 39.9 Å². The van der Waals surface area contributed by atoms with E-state index < -0.39 is 69.9 Å². The van der Waals surface area contributed by atoms with Gasteiger partial charge >= 0.3 is 0 Å². The van der Waals surface area contributed by atoms with Gasteiger partial charge in [0.25, 0.3) is 0 Å². The van der Waals surface area contributed by atoms with Crippen LogP contribution in [0.25, 0.3) is 5.76 Å². The number of ketones is 2. The maximum atomic E-state index is 13.7. The average Bonchev–Trinajstić information content (AvgIpc) is 2.68. The lowest BCUT2D eigenvalue weighted by molar-refractivity contribution is -0.188. The van der Waals surface area contributed by atoms with E-state index in [0.717, 1.165) is 0 Å². The highest BCUT2D eigenvalue weighted by Gasteiger charge is 2.69. The number of fused-ring (bicyclic) bond motifs is 3. The second-order valence-electron chi connectivity index (χ2n) is 9.29. The van der Waals surface area contributed by atoms with Gasteiger partial charge in [-0.2, -0.15) is 0 Å². The number of carbonyl (C=O) groups excluding carboxylic acids is 3. The Morgan fingerprint density at radius 1 is 1.19 bits per heavy atom. The molecule has 2 saturated carbocycles. The van der Waals surface area contributed by atoms with Gasteiger partial charge in [-0.05, 0) is 39.1 Å². The van der Waals surface area contributed by atoms with E-state index in [1.165, 1.54) is 30.0 Å². The number of aliphatic hydroxyl groups is 4. The molecule has 3 aliphatic carbocycles. The Kier molecular flexibility index (Phi) is 4.80. The molecular weight excluding hydrogens is 420 g/mol. The fourth-order valence-corrected chi connectivity index (χ4v) is 5.86. The van der Waals surface area contributed by atoms with Crippen LogP contribution in [0.1, 0.15) is 24.5 Å². The predicted molar refractivity (Wildman–Crippen MR) is 110 cm³/mol. The monoisotopic (exact) mass is 446 g/mol. The van der Waals surface area contributed by atoms with Crippen molar-refractivity contribution in [2.75, 3.05) is 14.1 Å². The molecule has 7 atom stereocenters. The molecule has 0 radical (unpaired) electrons. The summed E-state index contributed by atoms with van der Waals surface area (Å²) in [6, 6.07) is 3.23. The van der Waals surface area contributed by atoms with Gasteiger partial charge in [0.1, 0.15) is 17.4 Å². The van der Waals surface area contributed by atoms with Gasteiger partial charge in [0.15, 0.2) is 11.4 Å². The van der Waals surface area contributed by atoms with Crippen LogP contribution < -0.4 is 5.73 Å². The molecule has 7 N–H and O–H groups in total. The predicted octanol–water partition coefficient (Wildman–Crippen LogP) is -1.21. The molecule has 0 bridgehead atoms. The number of hydrogen-bond donors (Lipinski definition) is 6. The molecule has 4 rings (SSSR count). The number of hydrogen-bond acceptors (Lipinski definition) is 9. The van der Waals surface area contributed by atoms with Crippen LogP contribution >= 0.6 is 0 Å². The van der Waals surface area contributed by atoms with E-state index in [1.54, 1.807) is 14.1 Å². The SMILES string of the molecule is CN(C)C1C(O)C(C(N)=O)C(=O)C2(O)C(=O)C3=C(O)c4c(O)cccc4C(C)(O)C3CC12. The number of likely N-dealkylation sites (N-methyl/N-ethyl adjacent to an activating group) is 1. The first kappa shape index (κ1) is 22.4. The van der Waals surface area contributed by atoms with Crippen LogP contribution in [-0.4, -0.2) is 79.7 Å². The molecule has 0 aromatic heterocycles. The first-order valence-corrected chi connectivity index (χ1v) is 10.2. The number of Topliss-reactive ketones (excluding diaryl/α,β-unsaturated/α-hetero) is 2. The van der Waals surface area contributed by atoms with Crippen molar-refractivity contribution in [1.82, 2.24) is 4.90 Å². The van der Waals surface area contributed by atoms with Gasteiger partial charge in [0.05, 0.1) is 17.3 Å². The molecule has 2 fully saturated rings. The summed E-state index contributed by atoms with van der Waals surface area (Å²) in [5.74, 6) is -8.74. The molecule has 1 amide bonds. The van der Waals surface area contributed by atoms with Crippen LogP contribution in [0.2, 0.25) is 0 Å². The lowest BCUT2D eigenvalue weighted by Gasteiger charge is -2.55. The molecule has 0 saturated heterocycles. The van der Waals surface area contributed by atoms with Crippen LogP contribution in [0.5, 0.6) is 5.75 Å². The number of nitrogens with two attached hydrogens (primary N) is 1. The Labute approximate surface area is 183 Å². The third kappa shape index (κ3) is 2.57. The summed E-state index contributed by atoms with van der Waals surface area (Å²) in [5, 5.41) is 55.0.